The Morgan fingerprint density at radius 3 is 2.61 bits per heavy atom. The number of benzene rings is 1. The molecule has 0 aliphatic carbocycles. The quantitative estimate of drug-likeness (QED) is 0.560. The van der Waals surface area contributed by atoms with E-state index in [9.17, 15) is 12.8 Å². The molecule has 0 aliphatic rings. The van der Waals surface area contributed by atoms with Crippen LogP contribution < -0.4 is 5.46 Å². The largest absolute Gasteiger partial charge is 0.488 e. The van der Waals surface area contributed by atoms with Gasteiger partial charge in [-0.1, -0.05) is 6.07 Å². The van der Waals surface area contributed by atoms with Crippen LogP contribution in [0, 0.1) is 5.82 Å². The summed E-state index contributed by atoms with van der Waals surface area (Å²) in [5, 5.41) is 18.2. The molecule has 18 heavy (non-hydrogen) atoms. The summed E-state index contributed by atoms with van der Waals surface area (Å²) in [4.78, 5) is 0. The second kappa shape index (κ2) is 6.56. The van der Waals surface area contributed by atoms with Crippen LogP contribution in [0.1, 0.15) is 5.56 Å². The van der Waals surface area contributed by atoms with E-state index in [0.717, 1.165) is 12.3 Å². The monoisotopic (exact) mass is 292 g/mol. The van der Waals surface area contributed by atoms with Crippen LogP contribution >= 0.6 is 11.8 Å². The molecule has 0 saturated carbocycles. The van der Waals surface area contributed by atoms with Crippen LogP contribution in [0.2, 0.25) is 0 Å². The Morgan fingerprint density at radius 2 is 2.06 bits per heavy atom. The van der Waals surface area contributed by atoms with E-state index >= 15 is 0 Å². The molecule has 0 spiro atoms. The van der Waals surface area contributed by atoms with Gasteiger partial charge in [0, 0.05) is 17.8 Å². The Kier molecular flexibility index (Phi) is 5.64. The summed E-state index contributed by atoms with van der Waals surface area (Å²) in [7, 11) is -4.72. The van der Waals surface area contributed by atoms with Crippen molar-refractivity contribution in [1.82, 2.24) is 0 Å². The minimum atomic E-state index is -2.99. The maximum absolute atomic E-state index is 12.9. The Bertz CT molecular complexity index is 505. The topological polar surface area (TPSA) is 74.6 Å². The first-order chi connectivity index (χ1) is 8.29. The SMILES string of the molecule is CS(=O)(=O)CCSCc1ccc(F)cc1B(O)O. The second-order valence-corrected chi connectivity index (χ2v) is 7.26. The molecule has 2 N–H and O–H groups in total. The number of halogens is 1. The summed E-state index contributed by atoms with van der Waals surface area (Å²) < 4.78 is 34.8. The van der Waals surface area contributed by atoms with Gasteiger partial charge in [0.2, 0.25) is 0 Å². The van der Waals surface area contributed by atoms with E-state index in [1.807, 2.05) is 0 Å². The van der Waals surface area contributed by atoms with E-state index in [4.69, 9.17) is 10.0 Å². The molecule has 0 saturated heterocycles. The normalized spacial score (nSPS) is 11.6. The van der Waals surface area contributed by atoms with E-state index in [0.29, 0.717) is 17.1 Å². The average molecular weight is 292 g/mol. The first kappa shape index (κ1) is 15.5. The van der Waals surface area contributed by atoms with Crippen LogP contribution in [-0.4, -0.2) is 43.3 Å². The van der Waals surface area contributed by atoms with Crippen LogP contribution in [0.4, 0.5) is 4.39 Å². The molecule has 0 bridgehead atoms. The predicted octanol–water partition coefficient (Wildman–Crippen LogP) is -0.217. The van der Waals surface area contributed by atoms with Crippen molar-refractivity contribution < 1.29 is 22.9 Å². The number of sulfone groups is 1. The molecule has 1 rings (SSSR count). The second-order valence-electron chi connectivity index (χ2n) is 3.90. The van der Waals surface area contributed by atoms with Gasteiger partial charge in [0.25, 0.3) is 0 Å². The lowest BCUT2D eigenvalue weighted by molar-refractivity contribution is 0.425. The molecule has 0 unspecified atom stereocenters. The molecule has 0 heterocycles. The fourth-order valence-electron chi connectivity index (χ4n) is 1.33. The van der Waals surface area contributed by atoms with Gasteiger partial charge in [-0.05, 0) is 23.2 Å². The van der Waals surface area contributed by atoms with Crippen molar-refractivity contribution in [3.63, 3.8) is 0 Å². The highest BCUT2D eigenvalue weighted by atomic mass is 32.2. The van der Waals surface area contributed by atoms with Gasteiger partial charge in [-0.3, -0.25) is 0 Å². The van der Waals surface area contributed by atoms with Crippen molar-refractivity contribution in [2.45, 2.75) is 5.75 Å². The summed E-state index contributed by atoms with van der Waals surface area (Å²) in [6, 6.07) is 3.77. The van der Waals surface area contributed by atoms with Gasteiger partial charge in [0.1, 0.15) is 15.7 Å². The third-order valence-corrected chi connectivity index (χ3v) is 4.45. The smallest absolute Gasteiger partial charge is 0.423 e. The molecule has 0 fully saturated rings. The molecule has 1 aromatic carbocycles. The van der Waals surface area contributed by atoms with E-state index in [-0.39, 0.29) is 11.2 Å². The molecule has 100 valence electrons. The van der Waals surface area contributed by atoms with Crippen molar-refractivity contribution in [3.05, 3.63) is 29.6 Å². The predicted molar refractivity (Wildman–Crippen MR) is 72.1 cm³/mol. The van der Waals surface area contributed by atoms with Gasteiger partial charge >= 0.3 is 7.12 Å². The van der Waals surface area contributed by atoms with Crippen LogP contribution in [0.15, 0.2) is 18.2 Å². The Labute approximate surface area is 110 Å². The van der Waals surface area contributed by atoms with E-state index in [1.165, 1.54) is 23.9 Å². The molecule has 0 amide bonds. The highest BCUT2D eigenvalue weighted by Crippen LogP contribution is 2.12. The fourth-order valence-corrected chi connectivity index (χ4v) is 3.64. The van der Waals surface area contributed by atoms with Crippen LogP contribution in [0.3, 0.4) is 0 Å². The first-order valence-corrected chi connectivity index (χ1v) is 8.41. The van der Waals surface area contributed by atoms with Crippen molar-refractivity contribution >= 4 is 34.2 Å². The molecule has 0 aromatic heterocycles. The summed E-state index contributed by atoms with van der Waals surface area (Å²) in [6.07, 6.45) is 1.16. The molecule has 1 aromatic rings. The van der Waals surface area contributed by atoms with Crippen molar-refractivity contribution in [1.29, 1.82) is 0 Å². The molecule has 0 atom stereocenters. The molecule has 0 aliphatic heterocycles. The molecule has 4 nitrogen and oxygen atoms in total. The third-order valence-electron chi connectivity index (χ3n) is 2.24. The number of hydrogen-bond donors (Lipinski definition) is 2. The lowest BCUT2D eigenvalue weighted by atomic mass is 9.77. The lowest BCUT2D eigenvalue weighted by Crippen LogP contribution is -2.33. The summed E-state index contributed by atoms with van der Waals surface area (Å²) in [5.74, 6) is 0.346. The van der Waals surface area contributed by atoms with Crippen LogP contribution in [0.5, 0.6) is 0 Å². The Morgan fingerprint density at radius 1 is 1.39 bits per heavy atom. The minimum absolute atomic E-state index is 0.0654. The van der Waals surface area contributed by atoms with Crippen molar-refractivity contribution in [2.75, 3.05) is 17.8 Å². The molecule has 0 radical (unpaired) electrons. The number of rotatable bonds is 6. The molecular formula is C10H14BFO4S2. The summed E-state index contributed by atoms with van der Waals surface area (Å²) >= 11 is 1.35. The minimum Gasteiger partial charge on any atom is -0.423 e. The number of hydrogen-bond acceptors (Lipinski definition) is 5. The summed E-state index contributed by atoms with van der Waals surface area (Å²) in [6.45, 7) is 0. The van der Waals surface area contributed by atoms with Gasteiger partial charge in [-0.2, -0.15) is 11.8 Å². The maximum atomic E-state index is 12.9. The van der Waals surface area contributed by atoms with Crippen molar-refractivity contribution in [2.24, 2.45) is 0 Å². The molecule has 8 heteroatoms. The van der Waals surface area contributed by atoms with Crippen LogP contribution in [-0.2, 0) is 15.6 Å². The third kappa shape index (κ3) is 5.39. The summed E-state index contributed by atoms with van der Waals surface area (Å²) in [5.41, 5.74) is 0.701. The fraction of sp³-hybridized carbons (Fsp3) is 0.400. The average Bonchev–Trinajstić information content (AvgIpc) is 2.24. The standard InChI is InChI=1S/C10H14BFO4S2/c1-18(15,16)5-4-17-7-8-2-3-9(12)6-10(8)11(13)14/h2-3,6,13-14H,4-5,7H2,1H3. The zero-order valence-electron chi connectivity index (χ0n) is 9.84. The zero-order chi connectivity index (χ0) is 13.8. The molecular weight excluding hydrogens is 278 g/mol. The van der Waals surface area contributed by atoms with E-state index in [2.05, 4.69) is 0 Å². The maximum Gasteiger partial charge on any atom is 0.488 e. The Hall–Kier alpha value is -0.565. The van der Waals surface area contributed by atoms with Gasteiger partial charge in [-0.25, -0.2) is 12.8 Å². The van der Waals surface area contributed by atoms with E-state index < -0.39 is 22.8 Å². The van der Waals surface area contributed by atoms with Crippen LogP contribution in [0.25, 0.3) is 0 Å². The van der Waals surface area contributed by atoms with Crippen molar-refractivity contribution in [3.8, 4) is 0 Å². The number of thioether (sulfide) groups is 1. The van der Waals surface area contributed by atoms with Gasteiger partial charge in [0.15, 0.2) is 0 Å². The first-order valence-electron chi connectivity index (χ1n) is 5.19. The zero-order valence-corrected chi connectivity index (χ0v) is 11.5. The Balaban J connectivity index is 2.62. The van der Waals surface area contributed by atoms with E-state index in [1.54, 1.807) is 0 Å². The highest BCUT2D eigenvalue weighted by molar-refractivity contribution is 7.99. The van der Waals surface area contributed by atoms with Gasteiger partial charge in [0.05, 0.1) is 5.75 Å². The van der Waals surface area contributed by atoms with Gasteiger partial charge in [-0.15, -0.1) is 0 Å². The highest BCUT2D eigenvalue weighted by Gasteiger charge is 2.16. The lowest BCUT2D eigenvalue weighted by Gasteiger charge is -2.08. The van der Waals surface area contributed by atoms with Gasteiger partial charge < -0.3 is 10.0 Å².